The first kappa shape index (κ1) is 18.8. The highest BCUT2D eigenvalue weighted by molar-refractivity contribution is 5.76. The lowest BCUT2D eigenvalue weighted by Crippen LogP contribution is -2.26. The average molecular weight is 368 g/mol. The number of nitrogens with zero attached hydrogens (tertiary/aromatic N) is 3. The molecule has 142 valence electrons. The van der Waals surface area contributed by atoms with Crippen molar-refractivity contribution in [2.75, 3.05) is 13.3 Å². The number of benzene rings is 1. The topological polar surface area (TPSA) is 89.2 Å². The first-order chi connectivity index (χ1) is 13.1. The normalized spacial score (nSPS) is 12.0. The Bertz CT molecular complexity index is 867. The third kappa shape index (κ3) is 4.59. The summed E-state index contributed by atoms with van der Waals surface area (Å²) in [6.07, 6.45) is 2.25. The second kappa shape index (κ2) is 8.58. The largest absolute Gasteiger partial charge is 0.454 e. The number of nitrogens with one attached hydrogen (secondary N) is 1. The van der Waals surface area contributed by atoms with Crippen LogP contribution < -0.4 is 14.8 Å². The van der Waals surface area contributed by atoms with Gasteiger partial charge in [-0.25, -0.2) is 0 Å². The molecule has 2 aromatic rings. The van der Waals surface area contributed by atoms with E-state index in [-0.39, 0.29) is 12.7 Å². The maximum absolute atomic E-state index is 12.2. The minimum Gasteiger partial charge on any atom is -0.454 e. The number of aromatic nitrogens is 2. The maximum atomic E-state index is 12.2. The van der Waals surface area contributed by atoms with Crippen molar-refractivity contribution < 1.29 is 14.3 Å². The molecule has 0 saturated heterocycles. The van der Waals surface area contributed by atoms with Crippen molar-refractivity contribution in [2.24, 2.45) is 0 Å². The van der Waals surface area contributed by atoms with Crippen LogP contribution in [-0.4, -0.2) is 29.0 Å². The van der Waals surface area contributed by atoms with Gasteiger partial charge >= 0.3 is 0 Å². The van der Waals surface area contributed by atoms with Crippen LogP contribution in [0.2, 0.25) is 0 Å². The third-order valence-corrected chi connectivity index (χ3v) is 4.74. The minimum absolute atomic E-state index is 0.0271. The van der Waals surface area contributed by atoms with E-state index in [2.05, 4.69) is 16.5 Å². The summed E-state index contributed by atoms with van der Waals surface area (Å²) in [5.74, 6) is 1.56. The van der Waals surface area contributed by atoms with Gasteiger partial charge in [0.1, 0.15) is 0 Å². The Morgan fingerprint density at radius 1 is 1.30 bits per heavy atom. The van der Waals surface area contributed by atoms with Crippen molar-refractivity contribution in [2.45, 2.75) is 46.1 Å². The van der Waals surface area contributed by atoms with Gasteiger partial charge in [-0.2, -0.15) is 10.4 Å². The summed E-state index contributed by atoms with van der Waals surface area (Å²) in [5, 5.41) is 16.2. The summed E-state index contributed by atoms with van der Waals surface area (Å²) < 4.78 is 12.5. The molecule has 0 spiro atoms. The second-order valence-corrected chi connectivity index (χ2v) is 6.57. The van der Waals surface area contributed by atoms with E-state index in [4.69, 9.17) is 14.7 Å². The number of hydrogen-bond donors (Lipinski definition) is 1. The van der Waals surface area contributed by atoms with Gasteiger partial charge in [-0.15, -0.1) is 0 Å². The molecule has 7 nitrogen and oxygen atoms in total. The summed E-state index contributed by atoms with van der Waals surface area (Å²) in [6, 6.07) is 7.97. The lowest BCUT2D eigenvalue weighted by Gasteiger charge is -2.07. The van der Waals surface area contributed by atoms with Gasteiger partial charge in [0.25, 0.3) is 0 Å². The summed E-state index contributed by atoms with van der Waals surface area (Å²) >= 11 is 0. The van der Waals surface area contributed by atoms with E-state index >= 15 is 0 Å². The van der Waals surface area contributed by atoms with E-state index in [0.717, 1.165) is 40.4 Å². The quantitative estimate of drug-likeness (QED) is 0.773. The average Bonchev–Trinajstić information content (AvgIpc) is 3.22. The van der Waals surface area contributed by atoms with Crippen molar-refractivity contribution in [1.29, 1.82) is 5.26 Å². The molecule has 0 aliphatic carbocycles. The van der Waals surface area contributed by atoms with E-state index in [0.29, 0.717) is 32.4 Å². The molecule has 27 heavy (non-hydrogen) atoms. The van der Waals surface area contributed by atoms with Gasteiger partial charge in [-0.05, 0) is 49.9 Å². The van der Waals surface area contributed by atoms with Crippen LogP contribution in [0.15, 0.2) is 18.2 Å². The van der Waals surface area contributed by atoms with E-state index in [1.807, 2.05) is 36.7 Å². The van der Waals surface area contributed by atoms with Crippen LogP contribution in [0.4, 0.5) is 0 Å². The molecule has 1 aliphatic heterocycles. The summed E-state index contributed by atoms with van der Waals surface area (Å²) in [6.45, 7) is 5.37. The summed E-state index contributed by atoms with van der Waals surface area (Å²) in [7, 11) is 0. The van der Waals surface area contributed by atoms with Gasteiger partial charge in [0.05, 0.1) is 24.7 Å². The first-order valence-electron chi connectivity index (χ1n) is 9.13. The summed E-state index contributed by atoms with van der Waals surface area (Å²) in [5.41, 5.74) is 4.17. The number of aryl methyl sites for hydroxylation is 2. The monoisotopic (exact) mass is 368 g/mol. The van der Waals surface area contributed by atoms with Gasteiger partial charge in [0.2, 0.25) is 12.7 Å². The van der Waals surface area contributed by atoms with Crippen molar-refractivity contribution in [3.05, 3.63) is 40.7 Å². The van der Waals surface area contributed by atoms with Crippen LogP contribution in [0.1, 0.15) is 35.4 Å². The number of nitriles is 1. The predicted molar refractivity (Wildman–Crippen MR) is 99.5 cm³/mol. The highest BCUT2D eigenvalue weighted by Crippen LogP contribution is 2.32. The third-order valence-electron chi connectivity index (χ3n) is 4.74. The molecule has 0 bridgehead atoms. The van der Waals surface area contributed by atoms with Crippen LogP contribution in [0, 0.1) is 25.2 Å². The van der Waals surface area contributed by atoms with Gasteiger partial charge in [0, 0.05) is 18.7 Å². The molecule has 2 heterocycles. The molecule has 7 heteroatoms. The number of carbonyl (C=O) groups is 1. The fourth-order valence-electron chi connectivity index (χ4n) is 3.24. The molecule has 3 rings (SSSR count). The first-order valence-corrected chi connectivity index (χ1v) is 9.13. The number of fused-ring (bicyclic) bond motifs is 1. The van der Waals surface area contributed by atoms with Gasteiger partial charge in [0.15, 0.2) is 11.5 Å². The summed E-state index contributed by atoms with van der Waals surface area (Å²) in [4.78, 5) is 12.2. The highest BCUT2D eigenvalue weighted by atomic mass is 16.7. The molecule has 1 aliphatic rings. The minimum atomic E-state index is 0.0271. The van der Waals surface area contributed by atoms with E-state index < -0.39 is 0 Å². The smallest absolute Gasteiger partial charge is 0.231 e. The molecule has 0 saturated carbocycles. The zero-order valence-electron chi connectivity index (χ0n) is 15.7. The van der Waals surface area contributed by atoms with Crippen LogP contribution in [-0.2, 0) is 24.2 Å². The maximum Gasteiger partial charge on any atom is 0.231 e. The molecule has 0 radical (unpaired) electrons. The molecule has 1 N–H and O–H groups in total. The molecule has 1 aromatic carbocycles. The van der Waals surface area contributed by atoms with Crippen LogP contribution >= 0.6 is 0 Å². The van der Waals surface area contributed by atoms with Gasteiger partial charge in [-0.1, -0.05) is 6.07 Å². The Morgan fingerprint density at radius 3 is 2.93 bits per heavy atom. The zero-order valence-corrected chi connectivity index (χ0v) is 15.7. The number of ether oxygens (including phenoxy) is 2. The predicted octanol–water partition coefficient (Wildman–Crippen LogP) is 2.43. The molecular weight excluding hydrogens is 344 g/mol. The van der Waals surface area contributed by atoms with E-state index in [9.17, 15) is 4.79 Å². The number of amides is 1. The Kier molecular flexibility index (Phi) is 5.97. The molecular formula is C20H24N4O3. The van der Waals surface area contributed by atoms with Crippen molar-refractivity contribution >= 4 is 5.91 Å². The van der Waals surface area contributed by atoms with Crippen LogP contribution in [0.5, 0.6) is 11.5 Å². The Morgan fingerprint density at radius 2 is 2.11 bits per heavy atom. The second-order valence-electron chi connectivity index (χ2n) is 6.57. The van der Waals surface area contributed by atoms with Gasteiger partial charge < -0.3 is 14.8 Å². The Labute approximate surface area is 158 Å². The number of hydrogen-bond acceptors (Lipinski definition) is 5. The fraction of sp³-hybridized carbons (Fsp3) is 0.450. The Hall–Kier alpha value is -3.01. The van der Waals surface area contributed by atoms with Crippen molar-refractivity contribution in [3.8, 4) is 17.6 Å². The Balaban J connectivity index is 1.45. The molecule has 0 atom stereocenters. The lowest BCUT2D eigenvalue weighted by atomic mass is 10.1. The highest BCUT2D eigenvalue weighted by Gasteiger charge is 2.14. The van der Waals surface area contributed by atoms with Crippen LogP contribution in [0.3, 0.4) is 0 Å². The van der Waals surface area contributed by atoms with E-state index in [1.165, 1.54) is 0 Å². The lowest BCUT2D eigenvalue weighted by molar-refractivity contribution is -0.121. The molecule has 0 unspecified atom stereocenters. The fourth-order valence-corrected chi connectivity index (χ4v) is 3.24. The molecule has 1 amide bonds. The van der Waals surface area contributed by atoms with Crippen molar-refractivity contribution in [3.63, 3.8) is 0 Å². The van der Waals surface area contributed by atoms with Gasteiger partial charge in [-0.3, -0.25) is 9.48 Å². The standard InChI is InChI=1S/C20H24N4O3/c1-14-17(15(2)24(23-14)11-3-9-21)5-7-20(25)22-10-8-16-4-6-18-19(12-16)27-13-26-18/h4,6,12H,3,5,7-8,10-11,13H2,1-2H3,(H,22,25). The van der Waals surface area contributed by atoms with Crippen LogP contribution in [0.25, 0.3) is 0 Å². The zero-order chi connectivity index (χ0) is 19.2. The number of rotatable bonds is 8. The molecule has 1 aromatic heterocycles. The van der Waals surface area contributed by atoms with E-state index in [1.54, 1.807) is 0 Å². The SMILES string of the molecule is Cc1nn(CCC#N)c(C)c1CCC(=O)NCCc1ccc2c(c1)OCO2. The molecule has 0 fully saturated rings. The number of carbonyl (C=O) groups excluding carboxylic acids is 1. The van der Waals surface area contributed by atoms with Crippen molar-refractivity contribution in [1.82, 2.24) is 15.1 Å².